The van der Waals surface area contributed by atoms with E-state index in [0.29, 0.717) is 43.2 Å². The zero-order valence-corrected chi connectivity index (χ0v) is 17.4. The van der Waals surface area contributed by atoms with Crippen molar-refractivity contribution < 1.29 is 19.0 Å². The Labute approximate surface area is 176 Å². The maximum atomic E-state index is 12.9. The molecule has 7 heteroatoms. The van der Waals surface area contributed by atoms with Crippen LogP contribution in [-0.4, -0.2) is 58.3 Å². The Bertz CT molecular complexity index is 933. The number of ether oxygens (including phenoxy) is 3. The van der Waals surface area contributed by atoms with E-state index < -0.39 is 0 Å². The van der Waals surface area contributed by atoms with Gasteiger partial charge in [-0.1, -0.05) is 0 Å². The molecule has 0 saturated carbocycles. The Balaban J connectivity index is 1.69. The van der Waals surface area contributed by atoms with Crippen molar-refractivity contribution in [2.45, 2.75) is 0 Å². The highest BCUT2D eigenvalue weighted by Gasteiger charge is 2.24. The van der Waals surface area contributed by atoms with Gasteiger partial charge in [-0.2, -0.15) is 5.26 Å². The predicted octanol–water partition coefficient (Wildman–Crippen LogP) is 2.97. The molecule has 1 aliphatic rings. The molecule has 2 aromatic rings. The lowest BCUT2D eigenvalue weighted by atomic mass is 10.1. The molecule has 1 saturated heterocycles. The third-order valence-corrected chi connectivity index (χ3v) is 5.04. The van der Waals surface area contributed by atoms with Gasteiger partial charge in [0.2, 0.25) is 0 Å². The SMILES string of the molecule is COc1ccc(N2CCN(C(=O)/C(C#N)=C/c3cc(OC)cc(OC)c3)CC2)cc1. The first kappa shape index (κ1) is 21.1. The molecule has 7 nitrogen and oxygen atoms in total. The van der Waals surface area contributed by atoms with Crippen molar-refractivity contribution in [1.29, 1.82) is 5.26 Å². The van der Waals surface area contributed by atoms with Crippen molar-refractivity contribution in [3.8, 4) is 23.3 Å². The molecule has 0 spiro atoms. The first-order valence-corrected chi connectivity index (χ1v) is 9.61. The summed E-state index contributed by atoms with van der Waals surface area (Å²) in [5.74, 6) is 1.73. The zero-order chi connectivity index (χ0) is 21.5. The summed E-state index contributed by atoms with van der Waals surface area (Å²) in [4.78, 5) is 16.8. The second-order valence-electron chi connectivity index (χ2n) is 6.79. The van der Waals surface area contributed by atoms with Crippen LogP contribution in [0.3, 0.4) is 0 Å². The van der Waals surface area contributed by atoms with Crippen molar-refractivity contribution in [3.05, 3.63) is 53.6 Å². The van der Waals surface area contributed by atoms with E-state index in [0.717, 1.165) is 11.4 Å². The summed E-state index contributed by atoms with van der Waals surface area (Å²) >= 11 is 0. The van der Waals surface area contributed by atoms with E-state index in [9.17, 15) is 10.1 Å². The van der Waals surface area contributed by atoms with Gasteiger partial charge in [0.25, 0.3) is 5.91 Å². The second-order valence-corrected chi connectivity index (χ2v) is 6.79. The molecule has 0 aliphatic carbocycles. The van der Waals surface area contributed by atoms with Crippen LogP contribution in [0.5, 0.6) is 17.2 Å². The molecule has 0 N–H and O–H groups in total. The average Bonchev–Trinajstić information content (AvgIpc) is 2.82. The molecule has 0 radical (unpaired) electrons. The molecular formula is C23H25N3O4. The number of hydrogen-bond acceptors (Lipinski definition) is 6. The number of anilines is 1. The second kappa shape index (κ2) is 9.70. The van der Waals surface area contributed by atoms with E-state index in [1.54, 1.807) is 50.5 Å². The number of amides is 1. The quantitative estimate of drug-likeness (QED) is 0.541. The minimum absolute atomic E-state index is 0.0863. The lowest BCUT2D eigenvalue weighted by Crippen LogP contribution is -2.49. The van der Waals surface area contributed by atoms with Gasteiger partial charge >= 0.3 is 0 Å². The number of rotatable bonds is 6. The van der Waals surface area contributed by atoms with Gasteiger partial charge in [0.1, 0.15) is 28.9 Å². The summed E-state index contributed by atoms with van der Waals surface area (Å²) in [7, 11) is 4.75. The number of nitrogens with zero attached hydrogens (tertiary/aromatic N) is 3. The summed E-state index contributed by atoms with van der Waals surface area (Å²) in [6.45, 7) is 2.49. The highest BCUT2D eigenvalue weighted by Crippen LogP contribution is 2.25. The molecule has 1 heterocycles. The normalized spacial score (nSPS) is 14.1. The van der Waals surface area contributed by atoms with E-state index in [4.69, 9.17) is 14.2 Å². The lowest BCUT2D eigenvalue weighted by molar-refractivity contribution is -0.126. The van der Waals surface area contributed by atoms with Crippen molar-refractivity contribution >= 4 is 17.7 Å². The minimum atomic E-state index is -0.270. The zero-order valence-electron chi connectivity index (χ0n) is 17.4. The molecule has 156 valence electrons. The topological polar surface area (TPSA) is 75.0 Å². The van der Waals surface area contributed by atoms with Crippen molar-refractivity contribution in [2.75, 3.05) is 52.4 Å². The summed E-state index contributed by atoms with van der Waals surface area (Å²) in [5.41, 5.74) is 1.85. The van der Waals surface area contributed by atoms with Crippen LogP contribution in [0.2, 0.25) is 0 Å². The van der Waals surface area contributed by atoms with Crippen LogP contribution in [0.15, 0.2) is 48.0 Å². The number of hydrogen-bond donors (Lipinski definition) is 0. The van der Waals surface area contributed by atoms with E-state index in [1.807, 2.05) is 30.3 Å². The van der Waals surface area contributed by atoms with Gasteiger partial charge in [-0.25, -0.2) is 0 Å². The van der Waals surface area contributed by atoms with Crippen LogP contribution in [0.1, 0.15) is 5.56 Å². The average molecular weight is 407 g/mol. The number of piperazine rings is 1. The van der Waals surface area contributed by atoms with Crippen LogP contribution in [0.4, 0.5) is 5.69 Å². The Hall–Kier alpha value is -3.66. The fraction of sp³-hybridized carbons (Fsp3) is 0.304. The van der Waals surface area contributed by atoms with Crippen LogP contribution < -0.4 is 19.1 Å². The monoisotopic (exact) mass is 407 g/mol. The molecule has 2 aromatic carbocycles. The Kier molecular flexibility index (Phi) is 6.81. The molecule has 3 rings (SSSR count). The Morgan fingerprint density at radius 2 is 1.47 bits per heavy atom. The number of carbonyl (C=O) groups excluding carboxylic acids is 1. The van der Waals surface area contributed by atoms with Gasteiger partial charge in [-0.05, 0) is 48.0 Å². The molecule has 0 atom stereocenters. The van der Waals surface area contributed by atoms with E-state index >= 15 is 0 Å². The van der Waals surface area contributed by atoms with Crippen LogP contribution in [0, 0.1) is 11.3 Å². The molecule has 0 bridgehead atoms. The van der Waals surface area contributed by atoms with Crippen molar-refractivity contribution in [2.24, 2.45) is 0 Å². The number of nitriles is 1. The van der Waals surface area contributed by atoms with Gasteiger partial charge < -0.3 is 24.0 Å². The summed E-state index contributed by atoms with van der Waals surface area (Å²) < 4.78 is 15.7. The van der Waals surface area contributed by atoms with Crippen molar-refractivity contribution in [3.63, 3.8) is 0 Å². The summed E-state index contributed by atoms with van der Waals surface area (Å²) in [6, 6.07) is 15.2. The molecule has 1 aliphatic heterocycles. The van der Waals surface area contributed by atoms with Crippen LogP contribution in [-0.2, 0) is 4.79 Å². The summed E-state index contributed by atoms with van der Waals surface area (Å²) in [6.07, 6.45) is 1.57. The van der Waals surface area contributed by atoms with Crippen LogP contribution in [0.25, 0.3) is 6.08 Å². The first-order valence-electron chi connectivity index (χ1n) is 9.61. The van der Waals surface area contributed by atoms with Gasteiger partial charge in [0.15, 0.2) is 0 Å². The fourth-order valence-corrected chi connectivity index (χ4v) is 3.35. The van der Waals surface area contributed by atoms with E-state index in [-0.39, 0.29) is 11.5 Å². The van der Waals surface area contributed by atoms with Gasteiger partial charge in [0, 0.05) is 37.9 Å². The van der Waals surface area contributed by atoms with E-state index in [1.165, 1.54) is 0 Å². The third-order valence-electron chi connectivity index (χ3n) is 5.04. The summed E-state index contributed by atoms with van der Waals surface area (Å²) in [5, 5.41) is 9.57. The van der Waals surface area contributed by atoms with Crippen LogP contribution >= 0.6 is 0 Å². The first-order chi connectivity index (χ1) is 14.6. The molecular weight excluding hydrogens is 382 g/mol. The molecule has 30 heavy (non-hydrogen) atoms. The van der Waals surface area contributed by atoms with E-state index in [2.05, 4.69) is 4.90 Å². The predicted molar refractivity (Wildman–Crippen MR) is 115 cm³/mol. The highest BCUT2D eigenvalue weighted by molar-refractivity contribution is 6.01. The molecule has 0 unspecified atom stereocenters. The van der Waals surface area contributed by atoms with Gasteiger partial charge in [-0.3, -0.25) is 4.79 Å². The Morgan fingerprint density at radius 3 is 1.97 bits per heavy atom. The molecule has 0 aromatic heterocycles. The molecule has 1 amide bonds. The smallest absolute Gasteiger partial charge is 0.264 e. The van der Waals surface area contributed by atoms with Gasteiger partial charge in [0.05, 0.1) is 21.3 Å². The standard InChI is InChI=1S/C23H25N3O4/c1-28-20-6-4-19(5-7-20)25-8-10-26(11-9-25)23(27)18(16-24)12-17-13-21(29-2)15-22(14-17)30-3/h4-7,12-15H,8-11H2,1-3H3/b18-12+. The van der Waals surface area contributed by atoms with Gasteiger partial charge in [-0.15, -0.1) is 0 Å². The van der Waals surface area contributed by atoms with Crippen molar-refractivity contribution in [1.82, 2.24) is 4.90 Å². The largest absolute Gasteiger partial charge is 0.497 e. The highest BCUT2D eigenvalue weighted by atomic mass is 16.5. The maximum Gasteiger partial charge on any atom is 0.264 e. The third kappa shape index (κ3) is 4.84. The number of methoxy groups -OCH3 is 3. The lowest BCUT2D eigenvalue weighted by Gasteiger charge is -2.36. The maximum absolute atomic E-state index is 12.9. The number of benzene rings is 2. The minimum Gasteiger partial charge on any atom is -0.497 e. The fourth-order valence-electron chi connectivity index (χ4n) is 3.35. The molecule has 1 fully saturated rings. The Morgan fingerprint density at radius 1 is 0.900 bits per heavy atom. The number of carbonyl (C=O) groups is 1.